The molecular weight excluding hydrogens is 285 g/mol. The van der Waals surface area contributed by atoms with Crippen molar-refractivity contribution >= 4 is 42.1 Å². The number of nitrogens with two attached hydrogens (primary N) is 1. The van der Waals surface area contributed by atoms with Gasteiger partial charge >= 0.3 is 0 Å². The van der Waals surface area contributed by atoms with Crippen molar-refractivity contribution in [2.75, 3.05) is 23.3 Å². The van der Waals surface area contributed by atoms with E-state index in [9.17, 15) is 4.79 Å². The Hall–Kier alpha value is -0.970. The highest BCUT2D eigenvalue weighted by atomic mass is 35.5. The molecule has 1 amide bonds. The molecule has 0 saturated carbocycles. The third-order valence-electron chi connectivity index (χ3n) is 3.02. The van der Waals surface area contributed by atoms with E-state index in [1.54, 1.807) is 6.92 Å². The van der Waals surface area contributed by atoms with Gasteiger partial charge in [0.1, 0.15) is 0 Å². The van der Waals surface area contributed by atoms with Crippen LogP contribution in [0.1, 0.15) is 19.8 Å². The summed E-state index contributed by atoms with van der Waals surface area (Å²) in [7, 11) is 0. The summed E-state index contributed by atoms with van der Waals surface area (Å²) < 4.78 is 0. The Labute approximate surface area is 126 Å². The smallest absolute Gasteiger partial charge is 0.241 e. The first kappa shape index (κ1) is 18.0. The van der Waals surface area contributed by atoms with Gasteiger partial charge in [-0.2, -0.15) is 0 Å². The summed E-state index contributed by atoms with van der Waals surface area (Å²) in [6.45, 7) is 3.81. The molecule has 4 nitrogen and oxygen atoms in total. The summed E-state index contributed by atoms with van der Waals surface area (Å²) in [6, 6.07) is 7.41. The largest absolute Gasteiger partial charge is 0.370 e. The molecule has 1 atom stereocenters. The Kier molecular flexibility index (Phi) is 7.83. The van der Waals surface area contributed by atoms with E-state index in [0.717, 1.165) is 24.5 Å². The van der Waals surface area contributed by atoms with Gasteiger partial charge in [-0.05, 0) is 31.9 Å². The van der Waals surface area contributed by atoms with E-state index < -0.39 is 6.04 Å². The van der Waals surface area contributed by atoms with Crippen molar-refractivity contribution in [2.45, 2.75) is 25.8 Å². The molecule has 108 valence electrons. The predicted octanol–water partition coefficient (Wildman–Crippen LogP) is 2.42. The lowest BCUT2D eigenvalue weighted by molar-refractivity contribution is -0.117. The molecular formula is C13H21Cl2N3O. The third-order valence-corrected chi connectivity index (χ3v) is 3.02. The molecule has 6 heteroatoms. The first-order valence-corrected chi connectivity index (χ1v) is 6.09. The topological polar surface area (TPSA) is 58.4 Å². The number of hydrogen-bond acceptors (Lipinski definition) is 3. The fraction of sp³-hybridized carbons (Fsp3) is 0.462. The van der Waals surface area contributed by atoms with Gasteiger partial charge in [0.25, 0.3) is 0 Å². The number of carbonyl (C=O) groups excluding carboxylic acids is 1. The maximum Gasteiger partial charge on any atom is 0.241 e. The van der Waals surface area contributed by atoms with E-state index in [0.29, 0.717) is 0 Å². The lowest BCUT2D eigenvalue weighted by Gasteiger charge is -2.21. The van der Waals surface area contributed by atoms with Gasteiger partial charge < -0.3 is 16.0 Å². The molecule has 0 radical (unpaired) electrons. The van der Waals surface area contributed by atoms with Gasteiger partial charge in [0.05, 0.1) is 17.4 Å². The summed E-state index contributed by atoms with van der Waals surface area (Å²) in [6.07, 6.45) is 2.44. The van der Waals surface area contributed by atoms with Gasteiger partial charge in [-0.15, -0.1) is 24.8 Å². The first-order valence-electron chi connectivity index (χ1n) is 6.09. The maximum atomic E-state index is 11.6. The van der Waals surface area contributed by atoms with Crippen LogP contribution in [0.25, 0.3) is 0 Å². The van der Waals surface area contributed by atoms with Gasteiger partial charge in [0, 0.05) is 13.1 Å². The van der Waals surface area contributed by atoms with Crippen LogP contribution in [-0.4, -0.2) is 25.0 Å². The van der Waals surface area contributed by atoms with Crippen LogP contribution in [0.5, 0.6) is 0 Å². The summed E-state index contributed by atoms with van der Waals surface area (Å²) >= 11 is 0. The van der Waals surface area contributed by atoms with Crippen molar-refractivity contribution in [3.8, 4) is 0 Å². The lowest BCUT2D eigenvalue weighted by Crippen LogP contribution is -2.33. The normalized spacial score (nSPS) is 15.2. The molecule has 0 spiro atoms. The van der Waals surface area contributed by atoms with Crippen LogP contribution in [0.15, 0.2) is 24.3 Å². The second-order valence-corrected chi connectivity index (χ2v) is 4.49. The van der Waals surface area contributed by atoms with Crippen LogP contribution in [0, 0.1) is 0 Å². The van der Waals surface area contributed by atoms with Gasteiger partial charge in [-0.25, -0.2) is 0 Å². The number of carbonyl (C=O) groups is 1. The monoisotopic (exact) mass is 305 g/mol. The zero-order chi connectivity index (χ0) is 12.3. The minimum absolute atomic E-state index is 0. The zero-order valence-electron chi connectivity index (χ0n) is 11.0. The third kappa shape index (κ3) is 4.56. The molecule has 2 rings (SSSR count). The predicted molar refractivity (Wildman–Crippen MR) is 84.7 cm³/mol. The Morgan fingerprint density at radius 3 is 2.42 bits per heavy atom. The van der Waals surface area contributed by atoms with Crippen molar-refractivity contribution in [1.29, 1.82) is 0 Å². The van der Waals surface area contributed by atoms with Crippen molar-refractivity contribution in [3.63, 3.8) is 0 Å². The number of anilines is 2. The second-order valence-electron chi connectivity index (χ2n) is 4.49. The highest BCUT2D eigenvalue weighted by Gasteiger charge is 2.17. The number of nitrogens with one attached hydrogen (secondary N) is 1. The van der Waals surface area contributed by atoms with Crippen molar-refractivity contribution in [1.82, 2.24) is 0 Å². The zero-order valence-corrected chi connectivity index (χ0v) is 12.6. The molecule has 1 aromatic carbocycles. The number of rotatable bonds is 3. The van der Waals surface area contributed by atoms with E-state index in [-0.39, 0.29) is 30.7 Å². The number of para-hydroxylation sites is 2. The number of hydrogen-bond donors (Lipinski definition) is 2. The van der Waals surface area contributed by atoms with Gasteiger partial charge in [0.2, 0.25) is 5.91 Å². The quantitative estimate of drug-likeness (QED) is 0.901. The average molecular weight is 306 g/mol. The SMILES string of the molecule is C[C@H](N)C(=O)Nc1ccccc1N1CCCC1.Cl.Cl. The summed E-state index contributed by atoms with van der Waals surface area (Å²) in [5, 5.41) is 2.88. The molecule has 1 aromatic rings. The van der Waals surface area contributed by atoms with E-state index in [4.69, 9.17) is 5.73 Å². The van der Waals surface area contributed by atoms with E-state index in [2.05, 4.69) is 10.2 Å². The van der Waals surface area contributed by atoms with Crippen LogP contribution in [0.4, 0.5) is 11.4 Å². The molecule has 1 aliphatic rings. The highest BCUT2D eigenvalue weighted by molar-refractivity contribution is 5.97. The molecule has 3 N–H and O–H groups in total. The van der Waals surface area contributed by atoms with Crippen LogP contribution >= 0.6 is 24.8 Å². The minimum Gasteiger partial charge on any atom is -0.370 e. The Balaban J connectivity index is 0.00000162. The van der Waals surface area contributed by atoms with E-state index >= 15 is 0 Å². The molecule has 0 aliphatic carbocycles. The Morgan fingerprint density at radius 1 is 1.26 bits per heavy atom. The molecule has 1 saturated heterocycles. The second kappa shape index (κ2) is 8.25. The number of nitrogens with zero attached hydrogens (tertiary/aromatic N) is 1. The van der Waals surface area contributed by atoms with Crippen LogP contribution < -0.4 is 16.0 Å². The van der Waals surface area contributed by atoms with Crippen molar-refractivity contribution < 1.29 is 4.79 Å². The number of amides is 1. The fourth-order valence-electron chi connectivity index (χ4n) is 2.06. The van der Waals surface area contributed by atoms with Crippen LogP contribution in [0.3, 0.4) is 0 Å². The molecule has 1 aliphatic heterocycles. The highest BCUT2D eigenvalue weighted by Crippen LogP contribution is 2.28. The Morgan fingerprint density at radius 2 is 1.84 bits per heavy atom. The molecule has 0 bridgehead atoms. The first-order chi connectivity index (χ1) is 8.18. The van der Waals surface area contributed by atoms with E-state index in [1.807, 2.05) is 24.3 Å². The molecule has 19 heavy (non-hydrogen) atoms. The summed E-state index contributed by atoms with van der Waals surface area (Å²) in [5.74, 6) is -0.142. The standard InChI is InChI=1S/C13H19N3O.2ClH/c1-10(14)13(17)15-11-6-2-3-7-12(11)16-8-4-5-9-16;;/h2-3,6-7,10H,4-5,8-9,14H2,1H3,(H,15,17);2*1H/t10-;;/m0../s1. The molecule has 0 aromatic heterocycles. The summed E-state index contributed by atoms with van der Waals surface area (Å²) in [4.78, 5) is 13.9. The average Bonchev–Trinajstić information content (AvgIpc) is 2.83. The summed E-state index contributed by atoms with van der Waals surface area (Å²) in [5.41, 5.74) is 7.52. The Bertz CT molecular complexity index is 407. The maximum absolute atomic E-state index is 11.6. The van der Waals surface area contributed by atoms with Crippen LogP contribution in [0.2, 0.25) is 0 Å². The van der Waals surface area contributed by atoms with Gasteiger partial charge in [-0.1, -0.05) is 12.1 Å². The lowest BCUT2D eigenvalue weighted by atomic mass is 10.2. The van der Waals surface area contributed by atoms with Crippen LogP contribution in [-0.2, 0) is 4.79 Å². The number of benzene rings is 1. The minimum atomic E-state index is -0.485. The number of halogens is 2. The molecule has 0 unspecified atom stereocenters. The van der Waals surface area contributed by atoms with Gasteiger partial charge in [0.15, 0.2) is 0 Å². The molecule has 1 fully saturated rings. The molecule has 1 heterocycles. The fourth-order valence-corrected chi connectivity index (χ4v) is 2.06. The van der Waals surface area contributed by atoms with Crippen molar-refractivity contribution in [2.24, 2.45) is 5.73 Å². The van der Waals surface area contributed by atoms with Gasteiger partial charge in [-0.3, -0.25) is 4.79 Å². The van der Waals surface area contributed by atoms with Crippen molar-refractivity contribution in [3.05, 3.63) is 24.3 Å². The van der Waals surface area contributed by atoms with E-state index in [1.165, 1.54) is 12.8 Å².